The quantitative estimate of drug-likeness (QED) is 0.810. The molecule has 1 saturated heterocycles. The molecule has 1 aromatic heterocycles. The van der Waals surface area contributed by atoms with Gasteiger partial charge in [-0.25, -0.2) is 13.4 Å². The predicted molar refractivity (Wildman–Crippen MR) is 100 cm³/mol. The Kier molecular flexibility index (Phi) is 5.53. The van der Waals surface area contributed by atoms with Crippen LogP contribution in [-0.2, 0) is 14.8 Å². The zero-order valence-electron chi connectivity index (χ0n) is 14.6. The minimum Gasteiger partial charge on any atom is -0.359 e. The zero-order valence-corrected chi connectivity index (χ0v) is 15.4. The number of amides is 1. The summed E-state index contributed by atoms with van der Waals surface area (Å²) < 4.78 is 26.4. The average Bonchev–Trinajstić information content (AvgIpc) is 3.18. The van der Waals surface area contributed by atoms with Crippen molar-refractivity contribution in [3.8, 4) is 0 Å². The Bertz CT molecular complexity index is 848. The van der Waals surface area contributed by atoms with Gasteiger partial charge in [-0.15, -0.1) is 0 Å². The van der Waals surface area contributed by atoms with Gasteiger partial charge < -0.3 is 10.6 Å². The molecule has 1 aliphatic rings. The van der Waals surface area contributed by atoms with Crippen LogP contribution in [0.2, 0.25) is 0 Å². The van der Waals surface area contributed by atoms with Crippen molar-refractivity contribution in [3.05, 3.63) is 48.7 Å². The molecule has 0 saturated carbocycles. The maximum atomic E-state index is 12.5. The van der Waals surface area contributed by atoms with E-state index in [9.17, 15) is 13.2 Å². The van der Waals surface area contributed by atoms with Crippen molar-refractivity contribution in [2.45, 2.75) is 30.7 Å². The molecule has 7 nitrogen and oxygen atoms in total. The second-order valence-corrected chi connectivity index (χ2v) is 8.15. The monoisotopic (exact) mass is 374 g/mol. The van der Waals surface area contributed by atoms with Crippen LogP contribution in [0.25, 0.3) is 0 Å². The van der Waals surface area contributed by atoms with Crippen LogP contribution in [0.4, 0.5) is 11.5 Å². The van der Waals surface area contributed by atoms with Gasteiger partial charge in [-0.1, -0.05) is 18.2 Å². The summed E-state index contributed by atoms with van der Waals surface area (Å²) in [5.41, 5.74) is 0.714. The highest BCUT2D eigenvalue weighted by Crippen LogP contribution is 2.21. The molecule has 1 aliphatic heterocycles. The first-order chi connectivity index (χ1) is 12.5. The number of pyridine rings is 1. The minimum absolute atomic E-state index is 0.173. The van der Waals surface area contributed by atoms with E-state index < -0.39 is 16.1 Å². The van der Waals surface area contributed by atoms with Gasteiger partial charge in [0.2, 0.25) is 15.9 Å². The lowest BCUT2D eigenvalue weighted by Crippen LogP contribution is -2.32. The van der Waals surface area contributed by atoms with E-state index in [1.807, 2.05) is 18.2 Å². The number of sulfonamides is 1. The van der Waals surface area contributed by atoms with E-state index in [4.69, 9.17) is 0 Å². The molecule has 2 heterocycles. The van der Waals surface area contributed by atoms with Crippen LogP contribution in [0.1, 0.15) is 19.8 Å². The number of anilines is 2. The third-order valence-corrected chi connectivity index (χ3v) is 6.12. The molecule has 8 heteroatoms. The maximum Gasteiger partial charge on any atom is 0.246 e. The Morgan fingerprint density at radius 3 is 2.42 bits per heavy atom. The number of carbonyl (C=O) groups is 1. The molecule has 0 aliphatic carbocycles. The van der Waals surface area contributed by atoms with E-state index in [2.05, 4.69) is 15.6 Å². The first kappa shape index (κ1) is 18.3. The SMILES string of the molecule is CC(Nc1ccc(S(=O)(=O)N2CCCC2)cn1)C(=O)Nc1ccccc1. The number of carbonyl (C=O) groups excluding carboxylic acids is 1. The second-order valence-electron chi connectivity index (χ2n) is 6.21. The number of nitrogens with zero attached hydrogens (tertiary/aromatic N) is 2. The van der Waals surface area contributed by atoms with Crippen LogP contribution < -0.4 is 10.6 Å². The van der Waals surface area contributed by atoms with Crippen LogP contribution in [0.3, 0.4) is 0 Å². The molecule has 2 N–H and O–H groups in total. The van der Waals surface area contributed by atoms with Crippen LogP contribution in [-0.4, -0.2) is 42.7 Å². The topological polar surface area (TPSA) is 91.4 Å². The van der Waals surface area contributed by atoms with E-state index in [-0.39, 0.29) is 10.8 Å². The van der Waals surface area contributed by atoms with E-state index in [1.54, 1.807) is 25.1 Å². The summed E-state index contributed by atoms with van der Waals surface area (Å²) in [6.45, 7) is 2.83. The van der Waals surface area contributed by atoms with Crippen molar-refractivity contribution in [3.63, 3.8) is 0 Å². The average molecular weight is 374 g/mol. The lowest BCUT2D eigenvalue weighted by Gasteiger charge is -2.17. The van der Waals surface area contributed by atoms with Gasteiger partial charge in [0, 0.05) is 25.0 Å². The van der Waals surface area contributed by atoms with E-state index >= 15 is 0 Å². The molecule has 1 amide bonds. The van der Waals surface area contributed by atoms with Gasteiger partial charge in [0.05, 0.1) is 0 Å². The number of hydrogen-bond acceptors (Lipinski definition) is 5. The fraction of sp³-hybridized carbons (Fsp3) is 0.333. The van der Waals surface area contributed by atoms with Gasteiger partial charge in [0.25, 0.3) is 0 Å². The zero-order chi connectivity index (χ0) is 18.6. The molecule has 138 valence electrons. The summed E-state index contributed by atoms with van der Waals surface area (Å²) in [4.78, 5) is 16.5. The largest absolute Gasteiger partial charge is 0.359 e. The van der Waals surface area contributed by atoms with Crippen LogP contribution in [0.5, 0.6) is 0 Å². The summed E-state index contributed by atoms with van der Waals surface area (Å²) in [5.74, 6) is 0.243. The molecule has 1 atom stereocenters. The molecule has 3 rings (SSSR count). The van der Waals surface area contributed by atoms with E-state index in [0.29, 0.717) is 24.6 Å². The summed E-state index contributed by atoms with van der Waals surface area (Å²) in [5, 5.41) is 5.78. The molecule has 0 radical (unpaired) electrons. The standard InChI is InChI=1S/C18H22N4O3S/c1-14(18(23)21-15-7-3-2-4-8-15)20-17-10-9-16(13-19-17)26(24,25)22-11-5-6-12-22/h2-4,7-10,13-14H,5-6,11-12H2,1H3,(H,19,20)(H,21,23). The van der Waals surface area contributed by atoms with Crippen LogP contribution >= 0.6 is 0 Å². The molecule has 1 unspecified atom stereocenters. The summed E-state index contributed by atoms with van der Waals surface area (Å²) in [6, 6.07) is 11.7. The van der Waals surface area contributed by atoms with Crippen molar-refractivity contribution in [1.29, 1.82) is 0 Å². The number of aromatic nitrogens is 1. The highest BCUT2D eigenvalue weighted by Gasteiger charge is 2.27. The Hall–Kier alpha value is -2.45. The van der Waals surface area contributed by atoms with Crippen LogP contribution in [0, 0.1) is 0 Å². The number of rotatable bonds is 6. The second kappa shape index (κ2) is 7.84. The maximum absolute atomic E-state index is 12.5. The van der Waals surface area contributed by atoms with Crippen molar-refractivity contribution in [1.82, 2.24) is 9.29 Å². The number of nitrogens with one attached hydrogen (secondary N) is 2. The Labute approximate surface area is 153 Å². The number of para-hydroxylation sites is 1. The highest BCUT2D eigenvalue weighted by atomic mass is 32.2. The van der Waals surface area contributed by atoms with Gasteiger partial charge in [0.15, 0.2) is 0 Å². The van der Waals surface area contributed by atoms with Crippen molar-refractivity contribution in [2.75, 3.05) is 23.7 Å². The van der Waals surface area contributed by atoms with Gasteiger partial charge in [-0.2, -0.15) is 4.31 Å². The Morgan fingerprint density at radius 2 is 1.81 bits per heavy atom. The predicted octanol–water partition coefficient (Wildman–Crippen LogP) is 2.31. The van der Waals surface area contributed by atoms with Gasteiger partial charge >= 0.3 is 0 Å². The fourth-order valence-electron chi connectivity index (χ4n) is 2.76. The Balaban J connectivity index is 1.62. The van der Waals surface area contributed by atoms with Gasteiger partial charge in [0.1, 0.15) is 16.8 Å². The first-order valence-electron chi connectivity index (χ1n) is 8.55. The lowest BCUT2D eigenvalue weighted by atomic mass is 10.2. The van der Waals surface area contributed by atoms with E-state index in [1.165, 1.54) is 16.6 Å². The van der Waals surface area contributed by atoms with Crippen LogP contribution in [0.15, 0.2) is 53.6 Å². The minimum atomic E-state index is -3.48. The van der Waals surface area contributed by atoms with Crippen molar-refractivity contribution >= 4 is 27.4 Å². The highest BCUT2D eigenvalue weighted by molar-refractivity contribution is 7.89. The summed E-state index contributed by atoms with van der Waals surface area (Å²) in [7, 11) is -3.48. The molecular formula is C18H22N4O3S. The fourth-order valence-corrected chi connectivity index (χ4v) is 4.22. The third-order valence-electron chi connectivity index (χ3n) is 4.24. The smallest absolute Gasteiger partial charge is 0.246 e. The molecule has 0 spiro atoms. The van der Waals surface area contributed by atoms with E-state index in [0.717, 1.165) is 12.8 Å². The molecule has 1 fully saturated rings. The molecule has 2 aromatic rings. The molecule has 0 bridgehead atoms. The lowest BCUT2D eigenvalue weighted by molar-refractivity contribution is -0.116. The molecular weight excluding hydrogens is 352 g/mol. The van der Waals surface area contributed by atoms with Gasteiger partial charge in [-0.3, -0.25) is 4.79 Å². The van der Waals surface area contributed by atoms with Crippen molar-refractivity contribution < 1.29 is 13.2 Å². The molecule has 1 aromatic carbocycles. The first-order valence-corrected chi connectivity index (χ1v) is 9.99. The number of benzene rings is 1. The normalized spacial score (nSPS) is 16.2. The third kappa shape index (κ3) is 4.20. The van der Waals surface area contributed by atoms with Crippen molar-refractivity contribution in [2.24, 2.45) is 0 Å². The number of hydrogen-bond donors (Lipinski definition) is 2. The Morgan fingerprint density at radius 1 is 1.12 bits per heavy atom. The van der Waals surface area contributed by atoms with Gasteiger partial charge in [-0.05, 0) is 44.0 Å². The summed E-state index contributed by atoms with van der Waals surface area (Å²) >= 11 is 0. The summed E-state index contributed by atoms with van der Waals surface area (Å²) in [6.07, 6.45) is 3.11. The molecule has 26 heavy (non-hydrogen) atoms.